The first-order valence-corrected chi connectivity index (χ1v) is 7.30. The molecule has 0 saturated carbocycles. The molecule has 0 fully saturated rings. The van der Waals surface area contributed by atoms with E-state index in [9.17, 15) is 0 Å². The Morgan fingerprint density at radius 2 is 1.76 bits per heavy atom. The molecule has 1 aliphatic rings. The highest BCUT2D eigenvalue weighted by molar-refractivity contribution is 5.77. The Hall–Kier alpha value is -2.30. The lowest BCUT2D eigenvalue weighted by Gasteiger charge is -2.15. The van der Waals surface area contributed by atoms with Gasteiger partial charge in [0.25, 0.3) is 0 Å². The minimum atomic E-state index is 0.138. The van der Waals surface area contributed by atoms with Crippen molar-refractivity contribution >= 4 is 12.2 Å². The number of hydrogen-bond acceptors (Lipinski definition) is 1. The second-order valence-corrected chi connectivity index (χ2v) is 5.38. The van der Waals surface area contributed by atoms with Gasteiger partial charge in [0.2, 0.25) is 0 Å². The number of hydrogen-bond donors (Lipinski definition) is 1. The summed E-state index contributed by atoms with van der Waals surface area (Å²) in [5, 5.41) is 3.09. The van der Waals surface area contributed by atoms with E-state index >= 15 is 0 Å². The van der Waals surface area contributed by atoms with E-state index < -0.39 is 0 Å². The van der Waals surface area contributed by atoms with E-state index in [0.29, 0.717) is 6.54 Å². The molecule has 1 aliphatic carbocycles. The van der Waals surface area contributed by atoms with Crippen LogP contribution in [0.15, 0.2) is 42.5 Å². The van der Waals surface area contributed by atoms with Crippen molar-refractivity contribution in [2.45, 2.75) is 12.8 Å². The van der Waals surface area contributed by atoms with E-state index in [2.05, 4.69) is 78.7 Å². The largest absolute Gasteiger partial charge is 0.309 e. The van der Waals surface area contributed by atoms with E-state index in [1.54, 1.807) is 0 Å². The summed E-state index contributed by atoms with van der Waals surface area (Å²) in [6, 6.07) is 15.2. The maximum absolute atomic E-state index is 3.45. The summed E-state index contributed by atoms with van der Waals surface area (Å²) in [4.78, 5) is 0. The minimum Gasteiger partial charge on any atom is -0.309 e. The van der Waals surface area contributed by atoms with Gasteiger partial charge in [0.05, 0.1) is 12.5 Å². The summed E-state index contributed by atoms with van der Waals surface area (Å²) in [5.74, 6) is 6.83. The minimum absolute atomic E-state index is 0.138. The van der Waals surface area contributed by atoms with E-state index in [4.69, 9.17) is 0 Å². The molecule has 0 saturated heterocycles. The molecule has 2 aromatic carbocycles. The fourth-order valence-corrected chi connectivity index (χ4v) is 2.77. The summed E-state index contributed by atoms with van der Waals surface area (Å²) in [6.07, 6.45) is 4.40. The zero-order valence-corrected chi connectivity index (χ0v) is 12.5. The molecular weight excluding hydrogens is 254 g/mol. The van der Waals surface area contributed by atoms with Gasteiger partial charge in [-0.15, -0.1) is 0 Å². The molecule has 1 atom stereocenters. The molecule has 0 radical (unpaired) electrons. The highest BCUT2D eigenvalue weighted by atomic mass is 14.8. The predicted octanol–water partition coefficient (Wildman–Crippen LogP) is 3.83. The standard InChI is InChI=1S/C20H19N/c1-15-9-10-17-12-11-16-6-3-4-7-18(16)19(20(17)14-15)8-5-13-21-2/h3-4,6-7,9-12,14,19,21H,13H2,1-2H3. The zero-order valence-electron chi connectivity index (χ0n) is 12.5. The van der Waals surface area contributed by atoms with Crippen LogP contribution in [0.4, 0.5) is 0 Å². The van der Waals surface area contributed by atoms with Gasteiger partial charge in [0.1, 0.15) is 0 Å². The van der Waals surface area contributed by atoms with Crippen LogP contribution in [0, 0.1) is 18.8 Å². The third kappa shape index (κ3) is 2.77. The Morgan fingerprint density at radius 3 is 2.57 bits per heavy atom. The summed E-state index contributed by atoms with van der Waals surface area (Å²) < 4.78 is 0. The molecule has 0 aliphatic heterocycles. The second kappa shape index (κ2) is 5.99. The van der Waals surface area contributed by atoms with Crippen LogP contribution in [0.1, 0.15) is 33.7 Å². The Labute approximate surface area is 126 Å². The van der Waals surface area contributed by atoms with Crippen LogP contribution in [0.5, 0.6) is 0 Å². The molecular formula is C20H19N. The number of aryl methyl sites for hydroxylation is 1. The molecule has 2 aromatic rings. The van der Waals surface area contributed by atoms with Crippen molar-refractivity contribution in [2.24, 2.45) is 0 Å². The Kier molecular flexibility index (Phi) is 3.90. The second-order valence-electron chi connectivity index (χ2n) is 5.38. The van der Waals surface area contributed by atoms with E-state index in [0.717, 1.165) is 0 Å². The van der Waals surface area contributed by atoms with Crippen molar-refractivity contribution in [1.29, 1.82) is 0 Å². The van der Waals surface area contributed by atoms with Gasteiger partial charge in [-0.3, -0.25) is 0 Å². The number of fused-ring (bicyclic) bond motifs is 2. The highest BCUT2D eigenvalue weighted by Gasteiger charge is 2.19. The van der Waals surface area contributed by atoms with Gasteiger partial charge < -0.3 is 5.32 Å². The van der Waals surface area contributed by atoms with Crippen LogP contribution >= 0.6 is 0 Å². The van der Waals surface area contributed by atoms with Crippen LogP contribution in [-0.4, -0.2) is 13.6 Å². The van der Waals surface area contributed by atoms with Crippen molar-refractivity contribution < 1.29 is 0 Å². The van der Waals surface area contributed by atoms with E-state index in [1.807, 2.05) is 7.05 Å². The fraction of sp³-hybridized carbons (Fsp3) is 0.200. The maximum Gasteiger partial charge on any atom is 0.0714 e. The molecule has 0 amide bonds. The van der Waals surface area contributed by atoms with Crippen molar-refractivity contribution in [3.05, 3.63) is 70.3 Å². The lowest BCUT2D eigenvalue weighted by molar-refractivity contribution is 0.934. The third-order valence-electron chi connectivity index (χ3n) is 3.81. The first kappa shape index (κ1) is 13.7. The molecule has 1 N–H and O–H groups in total. The van der Waals surface area contributed by atoms with E-state index in [-0.39, 0.29) is 5.92 Å². The molecule has 1 unspecified atom stereocenters. The highest BCUT2D eigenvalue weighted by Crippen LogP contribution is 2.34. The maximum atomic E-state index is 3.45. The summed E-state index contributed by atoms with van der Waals surface area (Å²) in [6.45, 7) is 2.85. The Morgan fingerprint density at radius 1 is 1.00 bits per heavy atom. The number of nitrogens with one attached hydrogen (secondary N) is 1. The molecule has 0 bridgehead atoms. The quantitative estimate of drug-likeness (QED) is 0.779. The van der Waals surface area contributed by atoms with Gasteiger partial charge in [-0.25, -0.2) is 0 Å². The molecule has 104 valence electrons. The van der Waals surface area contributed by atoms with Crippen molar-refractivity contribution in [1.82, 2.24) is 5.32 Å². The number of benzene rings is 2. The molecule has 0 spiro atoms. The molecule has 0 aromatic heterocycles. The first-order valence-electron chi connectivity index (χ1n) is 7.30. The van der Waals surface area contributed by atoms with Crippen LogP contribution in [0.25, 0.3) is 12.2 Å². The smallest absolute Gasteiger partial charge is 0.0714 e. The summed E-state index contributed by atoms with van der Waals surface area (Å²) in [7, 11) is 1.93. The molecule has 0 heterocycles. The molecule has 21 heavy (non-hydrogen) atoms. The molecule has 1 heteroatoms. The first-order chi connectivity index (χ1) is 10.3. The lowest BCUT2D eigenvalue weighted by Crippen LogP contribution is -2.06. The van der Waals surface area contributed by atoms with Crippen LogP contribution < -0.4 is 5.32 Å². The lowest BCUT2D eigenvalue weighted by atomic mass is 9.87. The fourth-order valence-electron chi connectivity index (χ4n) is 2.77. The Balaban J connectivity index is 2.19. The van der Waals surface area contributed by atoms with Gasteiger partial charge in [0, 0.05) is 0 Å². The van der Waals surface area contributed by atoms with Gasteiger partial charge >= 0.3 is 0 Å². The summed E-state index contributed by atoms with van der Waals surface area (Å²) >= 11 is 0. The van der Waals surface area contributed by atoms with Crippen LogP contribution in [-0.2, 0) is 0 Å². The van der Waals surface area contributed by atoms with Gasteiger partial charge in [-0.05, 0) is 36.2 Å². The summed E-state index contributed by atoms with van der Waals surface area (Å²) in [5.41, 5.74) is 6.40. The zero-order chi connectivity index (χ0) is 14.7. The van der Waals surface area contributed by atoms with Gasteiger partial charge in [-0.2, -0.15) is 0 Å². The van der Waals surface area contributed by atoms with E-state index in [1.165, 1.54) is 27.8 Å². The Bertz CT molecular complexity index is 744. The van der Waals surface area contributed by atoms with Crippen molar-refractivity contribution in [2.75, 3.05) is 13.6 Å². The number of rotatable bonds is 1. The van der Waals surface area contributed by atoms with Gasteiger partial charge in [0.15, 0.2) is 0 Å². The topological polar surface area (TPSA) is 12.0 Å². The van der Waals surface area contributed by atoms with Crippen molar-refractivity contribution in [3.63, 3.8) is 0 Å². The van der Waals surface area contributed by atoms with Crippen molar-refractivity contribution in [3.8, 4) is 11.8 Å². The normalized spacial score (nSPS) is 15.4. The average molecular weight is 273 g/mol. The van der Waals surface area contributed by atoms with Crippen LogP contribution in [0.3, 0.4) is 0 Å². The monoisotopic (exact) mass is 273 g/mol. The average Bonchev–Trinajstić information content (AvgIpc) is 2.65. The SMILES string of the molecule is CNCC#CC1c2ccccc2C=Cc2ccc(C)cc21. The predicted molar refractivity (Wildman–Crippen MR) is 90.1 cm³/mol. The van der Waals surface area contributed by atoms with Crippen LogP contribution in [0.2, 0.25) is 0 Å². The molecule has 1 nitrogen and oxygen atoms in total. The molecule has 3 rings (SSSR count). The van der Waals surface area contributed by atoms with Gasteiger partial charge in [-0.1, -0.05) is 72.0 Å². The third-order valence-corrected chi connectivity index (χ3v) is 3.81.